The van der Waals surface area contributed by atoms with Crippen molar-refractivity contribution in [2.24, 2.45) is 35.5 Å². The third kappa shape index (κ3) is 4.18. The van der Waals surface area contributed by atoms with E-state index >= 15 is 0 Å². The Morgan fingerprint density at radius 2 is 1.09 bits per heavy atom. The monoisotopic (exact) mass is 842 g/mol. The van der Waals surface area contributed by atoms with Gasteiger partial charge in [-0.1, -0.05) is 94.4 Å². The minimum absolute atomic E-state index is 0.0698. The van der Waals surface area contributed by atoms with Gasteiger partial charge in [-0.25, -0.2) is 0 Å². The molecule has 8 bridgehead atoms. The molecule has 3 aliphatic heterocycles. The summed E-state index contributed by atoms with van der Waals surface area (Å²) in [4.78, 5) is 2.75. The van der Waals surface area contributed by atoms with Gasteiger partial charge in [0.2, 0.25) is 0 Å². The fourth-order valence-electron chi connectivity index (χ4n) is 19.6. The van der Waals surface area contributed by atoms with Crippen LogP contribution in [0.2, 0.25) is 0 Å². The van der Waals surface area contributed by atoms with Crippen LogP contribution in [0.4, 0.5) is 17.1 Å². The third-order valence-corrected chi connectivity index (χ3v) is 21.2. The number of benzene rings is 6. The molecule has 0 N–H and O–H groups in total. The minimum Gasteiger partial charge on any atom is -0.375 e. The van der Waals surface area contributed by atoms with Gasteiger partial charge in [0.15, 0.2) is 0 Å². The number of fused-ring (bicyclic) bond motifs is 13. The first-order chi connectivity index (χ1) is 31.6. The molecule has 0 radical (unpaired) electrons. The van der Waals surface area contributed by atoms with Crippen LogP contribution in [0.25, 0.3) is 44.1 Å². The van der Waals surface area contributed by atoms with Crippen LogP contribution in [0.5, 0.6) is 0 Å². The van der Waals surface area contributed by atoms with Crippen LogP contribution in [0.15, 0.2) is 103 Å². The zero-order valence-corrected chi connectivity index (χ0v) is 38.7. The van der Waals surface area contributed by atoms with E-state index in [9.17, 15) is 0 Å². The maximum Gasteiger partial charge on any atom is 0.333 e. The first kappa shape index (κ1) is 36.1. The van der Waals surface area contributed by atoms with E-state index in [1.165, 1.54) is 155 Å². The summed E-state index contributed by atoms with van der Waals surface area (Å²) in [5.41, 5.74) is 25.7. The molecule has 0 unspecified atom stereocenters. The highest BCUT2D eigenvalue weighted by Gasteiger charge is 2.56. The first-order valence-electron chi connectivity index (χ1n) is 26.0. The van der Waals surface area contributed by atoms with E-state index in [1.807, 2.05) is 0 Å². The van der Waals surface area contributed by atoms with Crippen LogP contribution >= 0.6 is 0 Å². The van der Waals surface area contributed by atoms with Crippen molar-refractivity contribution >= 4 is 56.6 Å². The summed E-state index contributed by atoms with van der Waals surface area (Å²) >= 11 is 0. The van der Waals surface area contributed by atoms with Crippen molar-refractivity contribution in [3.8, 4) is 22.3 Å². The summed E-state index contributed by atoms with van der Waals surface area (Å²) in [6, 6.07) is 42.7. The van der Waals surface area contributed by atoms with Crippen molar-refractivity contribution in [1.29, 1.82) is 0 Å². The summed E-state index contributed by atoms with van der Waals surface area (Å²) in [6.45, 7) is 10.1. The summed E-state index contributed by atoms with van der Waals surface area (Å²) in [7, 11) is 0. The van der Waals surface area contributed by atoms with Crippen LogP contribution in [0.1, 0.15) is 138 Å². The summed E-state index contributed by atoms with van der Waals surface area (Å²) < 4.78 is 2.92. The quantitative estimate of drug-likeness (QED) is 0.157. The number of anilines is 3. The Morgan fingerprint density at radius 3 is 1.78 bits per heavy atom. The van der Waals surface area contributed by atoms with Gasteiger partial charge in [0.25, 0.3) is 0 Å². The van der Waals surface area contributed by atoms with Gasteiger partial charge in [-0.15, -0.1) is 0 Å². The molecule has 8 fully saturated rings. The second kappa shape index (κ2) is 11.4. The number of hydrogen-bond donors (Lipinski definition) is 0. The van der Waals surface area contributed by atoms with Crippen molar-refractivity contribution in [3.05, 3.63) is 137 Å². The maximum absolute atomic E-state index is 2.92. The maximum atomic E-state index is 2.92. The molecule has 19 rings (SSSR count). The summed E-state index contributed by atoms with van der Waals surface area (Å²) in [5.74, 6) is 5.50. The van der Waals surface area contributed by atoms with Crippen LogP contribution in [0.3, 0.4) is 0 Å². The molecule has 1 aromatic heterocycles. The lowest BCUT2D eigenvalue weighted by molar-refractivity contribution is -0.00527. The highest BCUT2D eigenvalue weighted by molar-refractivity contribution is 6.90. The Morgan fingerprint density at radius 1 is 0.492 bits per heavy atom. The number of para-hydroxylation sites is 2. The van der Waals surface area contributed by atoms with Crippen LogP contribution in [-0.2, 0) is 21.7 Å². The second-order valence-electron chi connectivity index (χ2n) is 25.3. The Balaban J connectivity index is 1.03. The molecule has 0 saturated heterocycles. The van der Waals surface area contributed by atoms with Crippen molar-refractivity contribution in [2.45, 2.75) is 126 Å². The van der Waals surface area contributed by atoms with Crippen LogP contribution < -0.4 is 15.8 Å². The van der Waals surface area contributed by atoms with Gasteiger partial charge in [-0.2, -0.15) is 0 Å². The highest BCUT2D eigenvalue weighted by atomic mass is 15.2. The van der Waals surface area contributed by atoms with E-state index in [1.54, 1.807) is 27.6 Å². The summed E-state index contributed by atoms with van der Waals surface area (Å²) in [6.07, 6.45) is 17.3. The molecule has 0 atom stereocenters. The lowest BCUT2D eigenvalue weighted by atomic mass is 9.43. The fraction of sp³-hybridized carbons (Fsp3) is 0.419. The van der Waals surface area contributed by atoms with E-state index < -0.39 is 0 Å². The average molecular weight is 843 g/mol. The van der Waals surface area contributed by atoms with E-state index in [0.29, 0.717) is 5.41 Å². The molecular formula is C62H59BN2. The fourth-order valence-corrected chi connectivity index (χ4v) is 19.6. The van der Waals surface area contributed by atoms with E-state index in [4.69, 9.17) is 0 Å². The number of nitrogens with zero attached hydrogens (tertiary/aromatic N) is 2. The van der Waals surface area contributed by atoms with Crippen molar-refractivity contribution < 1.29 is 0 Å². The smallest absolute Gasteiger partial charge is 0.333 e. The van der Waals surface area contributed by atoms with Crippen molar-refractivity contribution in [2.75, 3.05) is 4.90 Å². The van der Waals surface area contributed by atoms with Gasteiger partial charge < -0.3 is 9.38 Å². The average Bonchev–Trinajstić information content (AvgIpc) is 3.74. The van der Waals surface area contributed by atoms with Gasteiger partial charge in [-0.05, 0) is 221 Å². The Hall–Kier alpha value is -5.02. The number of aromatic nitrogens is 1. The van der Waals surface area contributed by atoms with Gasteiger partial charge in [0.05, 0.1) is 5.69 Å². The van der Waals surface area contributed by atoms with Gasteiger partial charge in [0.1, 0.15) is 0 Å². The van der Waals surface area contributed by atoms with Crippen LogP contribution in [-0.4, -0.2) is 11.3 Å². The molecular weight excluding hydrogens is 784 g/mol. The van der Waals surface area contributed by atoms with Gasteiger partial charge >= 0.3 is 6.85 Å². The zero-order valence-electron chi connectivity index (χ0n) is 38.7. The van der Waals surface area contributed by atoms with E-state index in [-0.39, 0.29) is 23.1 Å². The number of hydrogen-bond acceptors (Lipinski definition) is 1. The molecule has 6 aromatic carbocycles. The van der Waals surface area contributed by atoms with Gasteiger partial charge in [-0.3, -0.25) is 0 Å². The first-order valence-corrected chi connectivity index (χ1v) is 26.0. The van der Waals surface area contributed by atoms with Gasteiger partial charge in [0, 0.05) is 49.6 Å². The van der Waals surface area contributed by atoms with Crippen molar-refractivity contribution in [3.63, 3.8) is 0 Å². The minimum atomic E-state index is -0.145. The normalized spacial score (nSPS) is 32.2. The summed E-state index contributed by atoms with van der Waals surface area (Å²) in [5, 5.41) is 3.08. The molecule has 12 aliphatic rings. The topological polar surface area (TPSA) is 8.17 Å². The number of rotatable bonds is 2. The lowest BCUT2D eigenvalue weighted by Gasteiger charge is -2.57. The predicted molar refractivity (Wildman–Crippen MR) is 269 cm³/mol. The second-order valence-corrected chi connectivity index (χ2v) is 25.3. The highest BCUT2D eigenvalue weighted by Crippen LogP contribution is 2.65. The van der Waals surface area contributed by atoms with Crippen molar-refractivity contribution in [1.82, 2.24) is 4.48 Å². The standard InChI is InChI=1S/C62H59BN2/c1-59(2)48-12-7-8-15-52(48)64-53-27-44-42-10-5-6-11-47(42)60(3,4)55(44)54-46-26-41(62-31-37-21-38(32-62)23-39(22-37)33-62)25-45-43-24-40(61-28-34-18-35(29-61)20-36(19-34)30-61)16-17-51(43)65(57(45)46)63(56(53)54)50-14-9-13-49(59)58(50)64/h5-17,24-27,34-39H,18-23,28-33H2,1-4H3. The predicted octanol–water partition coefficient (Wildman–Crippen LogP) is 14.1. The molecule has 7 aromatic rings. The molecule has 3 heteroatoms. The molecule has 0 amide bonds. The Kier molecular flexibility index (Phi) is 6.33. The molecule has 2 nitrogen and oxygen atoms in total. The lowest BCUT2D eigenvalue weighted by Crippen LogP contribution is -2.58. The molecule has 9 aliphatic carbocycles. The van der Waals surface area contributed by atoms with Crippen LogP contribution in [0, 0.1) is 35.5 Å². The molecule has 4 heterocycles. The molecule has 8 saturated carbocycles. The Bertz CT molecular complexity index is 3300. The molecule has 320 valence electrons. The van der Waals surface area contributed by atoms with E-state index in [0.717, 1.165) is 35.5 Å². The third-order valence-electron chi connectivity index (χ3n) is 21.2. The molecule has 0 spiro atoms. The zero-order chi connectivity index (χ0) is 42.7. The SMILES string of the molecule is CC1(C)c2ccccc2N2c3cc4c(c5c3B(c3cccc1c32)n1c2ccc(C36CC7CC(CC(C7)C3)C6)cc2c2cc(C36CC7CC(CC(C7)C3)C6)cc-5c21)C(C)(C)c1ccccc1-4. The largest absolute Gasteiger partial charge is 0.375 e. The molecule has 65 heavy (non-hydrogen) atoms. The Labute approximate surface area is 384 Å². The van der Waals surface area contributed by atoms with E-state index in [2.05, 4.69) is 140 Å².